The summed E-state index contributed by atoms with van der Waals surface area (Å²) in [4.78, 5) is 4.28. The van der Waals surface area contributed by atoms with Gasteiger partial charge in [0.15, 0.2) is 0 Å². The number of methoxy groups -OCH3 is 1. The largest absolute Gasteiger partial charge is 0.378 e. The molecule has 0 amide bonds. The van der Waals surface area contributed by atoms with Crippen LogP contribution in [0.2, 0.25) is 0 Å². The molecule has 1 unspecified atom stereocenters. The molecule has 2 aromatic heterocycles. The van der Waals surface area contributed by atoms with Crippen LogP contribution >= 0.6 is 11.3 Å². The van der Waals surface area contributed by atoms with Crippen molar-refractivity contribution in [3.63, 3.8) is 0 Å². The third-order valence-corrected chi connectivity index (χ3v) is 3.95. The maximum atomic E-state index is 5.51. The summed E-state index contributed by atoms with van der Waals surface area (Å²) < 4.78 is 7.73. The number of rotatable bonds is 3. The second kappa shape index (κ2) is 4.60. The Balaban J connectivity index is 1.96. The highest BCUT2D eigenvalue weighted by atomic mass is 32.1. The molecule has 3 rings (SSSR count). The zero-order chi connectivity index (χ0) is 11.7. The van der Waals surface area contributed by atoms with Crippen molar-refractivity contribution in [2.75, 3.05) is 20.2 Å². The Morgan fingerprint density at radius 1 is 1.53 bits per heavy atom. The molecule has 2 atom stereocenters. The van der Waals surface area contributed by atoms with Gasteiger partial charge in [0.2, 0.25) is 0 Å². The van der Waals surface area contributed by atoms with Crippen LogP contribution in [0.15, 0.2) is 29.4 Å². The summed E-state index contributed by atoms with van der Waals surface area (Å²) in [5, 5.41) is 7.60. The number of aromatic nitrogens is 2. The summed E-state index contributed by atoms with van der Waals surface area (Å²) in [6.45, 7) is 1.84. The molecule has 0 aromatic carbocycles. The van der Waals surface area contributed by atoms with E-state index in [-0.39, 0.29) is 6.10 Å². The molecule has 0 radical (unpaired) electrons. The van der Waals surface area contributed by atoms with E-state index in [0.717, 1.165) is 13.1 Å². The van der Waals surface area contributed by atoms with Gasteiger partial charge in [0.1, 0.15) is 0 Å². The Labute approximate surface area is 104 Å². The molecule has 1 aliphatic rings. The summed E-state index contributed by atoms with van der Waals surface area (Å²) in [6, 6.07) is 2.46. The van der Waals surface area contributed by atoms with Crippen molar-refractivity contribution >= 4 is 11.3 Å². The molecule has 0 bridgehead atoms. The second-order valence-electron chi connectivity index (χ2n) is 4.20. The van der Waals surface area contributed by atoms with Crippen molar-refractivity contribution in [3.05, 3.63) is 29.4 Å². The third-order valence-electron chi connectivity index (χ3n) is 3.27. The van der Waals surface area contributed by atoms with Gasteiger partial charge < -0.3 is 14.6 Å². The van der Waals surface area contributed by atoms with Gasteiger partial charge in [0.25, 0.3) is 0 Å². The lowest BCUT2D eigenvalue weighted by Gasteiger charge is -2.20. The van der Waals surface area contributed by atoms with E-state index in [4.69, 9.17) is 4.74 Å². The number of ether oxygens (including phenoxy) is 1. The smallest absolute Gasteiger partial charge is 0.0954 e. The molecule has 1 N–H and O–H groups in total. The topological polar surface area (TPSA) is 39.1 Å². The first-order valence-corrected chi connectivity index (χ1v) is 6.62. The molecule has 0 aliphatic carbocycles. The number of nitrogens with one attached hydrogen (secondary N) is 1. The fourth-order valence-corrected chi connectivity index (χ4v) is 3.01. The minimum Gasteiger partial charge on any atom is -0.378 e. The Hall–Kier alpha value is -1.17. The van der Waals surface area contributed by atoms with Crippen molar-refractivity contribution in [3.8, 4) is 11.3 Å². The van der Waals surface area contributed by atoms with Crippen LogP contribution in [0.4, 0.5) is 0 Å². The maximum absolute atomic E-state index is 5.51. The lowest BCUT2D eigenvalue weighted by Crippen LogP contribution is -2.24. The molecule has 17 heavy (non-hydrogen) atoms. The Kier molecular flexibility index (Phi) is 2.96. The van der Waals surface area contributed by atoms with E-state index < -0.39 is 0 Å². The van der Waals surface area contributed by atoms with E-state index in [1.807, 2.05) is 12.5 Å². The molecule has 1 fully saturated rings. The van der Waals surface area contributed by atoms with Gasteiger partial charge >= 0.3 is 0 Å². The summed E-state index contributed by atoms with van der Waals surface area (Å²) in [7, 11) is 1.77. The van der Waals surface area contributed by atoms with Crippen LogP contribution in [0.5, 0.6) is 0 Å². The quantitative estimate of drug-likeness (QED) is 0.901. The lowest BCUT2D eigenvalue weighted by atomic mass is 10.2. The van der Waals surface area contributed by atoms with E-state index in [9.17, 15) is 0 Å². The maximum Gasteiger partial charge on any atom is 0.0954 e. The lowest BCUT2D eigenvalue weighted by molar-refractivity contribution is 0.0870. The molecule has 4 nitrogen and oxygen atoms in total. The van der Waals surface area contributed by atoms with Gasteiger partial charge in [0.05, 0.1) is 30.4 Å². The first kappa shape index (κ1) is 11.0. The zero-order valence-corrected chi connectivity index (χ0v) is 10.5. The molecule has 1 aliphatic heterocycles. The minimum atomic E-state index is 0.224. The van der Waals surface area contributed by atoms with Crippen LogP contribution in [0.3, 0.4) is 0 Å². The van der Waals surface area contributed by atoms with Gasteiger partial charge in [-0.2, -0.15) is 11.3 Å². The standard InChI is InChI=1S/C12H15N3OS/c1-16-12-6-13-5-11(12)15-8-14-4-10(15)9-2-3-17-7-9/h2-4,7-8,11-13H,5-6H2,1H3/t11?,12-/m0/s1. The fraction of sp³-hybridized carbons (Fsp3) is 0.417. The van der Waals surface area contributed by atoms with Crippen LogP contribution in [-0.2, 0) is 4.74 Å². The molecular formula is C12H15N3OS. The van der Waals surface area contributed by atoms with Crippen LogP contribution in [0.25, 0.3) is 11.3 Å². The van der Waals surface area contributed by atoms with Crippen molar-refractivity contribution in [2.24, 2.45) is 0 Å². The number of thiophene rings is 1. The predicted molar refractivity (Wildman–Crippen MR) is 68.2 cm³/mol. The molecular weight excluding hydrogens is 234 g/mol. The second-order valence-corrected chi connectivity index (χ2v) is 4.98. The van der Waals surface area contributed by atoms with Gasteiger partial charge in [-0.25, -0.2) is 4.98 Å². The molecule has 3 heterocycles. The minimum absolute atomic E-state index is 0.224. The molecule has 0 saturated carbocycles. The van der Waals surface area contributed by atoms with E-state index in [1.165, 1.54) is 11.3 Å². The fourth-order valence-electron chi connectivity index (χ4n) is 2.36. The van der Waals surface area contributed by atoms with E-state index >= 15 is 0 Å². The van der Waals surface area contributed by atoms with Crippen LogP contribution in [0.1, 0.15) is 6.04 Å². The van der Waals surface area contributed by atoms with Crippen LogP contribution in [-0.4, -0.2) is 35.9 Å². The van der Waals surface area contributed by atoms with Crippen molar-refractivity contribution in [1.82, 2.24) is 14.9 Å². The van der Waals surface area contributed by atoms with Gasteiger partial charge in [-0.3, -0.25) is 0 Å². The summed E-state index contributed by atoms with van der Waals surface area (Å²) in [5.74, 6) is 0. The third kappa shape index (κ3) is 1.90. The van der Waals surface area contributed by atoms with Gasteiger partial charge in [-0.05, 0) is 11.4 Å². The predicted octanol–water partition coefficient (Wildman–Crippen LogP) is 1.77. The zero-order valence-electron chi connectivity index (χ0n) is 9.67. The van der Waals surface area contributed by atoms with Crippen molar-refractivity contribution in [1.29, 1.82) is 0 Å². The average molecular weight is 249 g/mol. The van der Waals surface area contributed by atoms with E-state index in [1.54, 1.807) is 18.4 Å². The van der Waals surface area contributed by atoms with Gasteiger partial charge in [-0.15, -0.1) is 0 Å². The average Bonchev–Trinajstić information content (AvgIpc) is 3.09. The number of imidazole rings is 1. The summed E-state index contributed by atoms with van der Waals surface area (Å²) in [6.07, 6.45) is 4.05. The Morgan fingerprint density at radius 3 is 3.24 bits per heavy atom. The highest BCUT2D eigenvalue weighted by molar-refractivity contribution is 7.08. The molecule has 90 valence electrons. The van der Waals surface area contributed by atoms with Crippen molar-refractivity contribution < 1.29 is 4.74 Å². The SMILES string of the molecule is CO[C@H]1CNCC1n1cncc1-c1ccsc1. The van der Waals surface area contributed by atoms with Crippen LogP contribution in [0, 0.1) is 0 Å². The number of hydrogen-bond acceptors (Lipinski definition) is 4. The van der Waals surface area contributed by atoms with Crippen LogP contribution < -0.4 is 5.32 Å². The first-order valence-electron chi connectivity index (χ1n) is 5.68. The highest BCUT2D eigenvalue weighted by Crippen LogP contribution is 2.27. The highest BCUT2D eigenvalue weighted by Gasteiger charge is 2.29. The Bertz CT molecular complexity index is 480. The van der Waals surface area contributed by atoms with Gasteiger partial charge in [0, 0.05) is 31.1 Å². The van der Waals surface area contributed by atoms with Gasteiger partial charge in [-0.1, -0.05) is 0 Å². The summed E-state index contributed by atoms with van der Waals surface area (Å²) >= 11 is 1.71. The monoisotopic (exact) mass is 249 g/mol. The Morgan fingerprint density at radius 2 is 2.47 bits per heavy atom. The van der Waals surface area contributed by atoms with E-state index in [0.29, 0.717) is 6.04 Å². The molecule has 0 spiro atoms. The molecule has 5 heteroatoms. The normalized spacial score (nSPS) is 24.3. The number of hydrogen-bond donors (Lipinski definition) is 1. The molecule has 2 aromatic rings. The number of nitrogens with zero attached hydrogens (tertiary/aromatic N) is 2. The summed E-state index contributed by atoms with van der Waals surface area (Å²) in [5.41, 5.74) is 2.40. The first-order chi connectivity index (χ1) is 8.40. The molecule has 1 saturated heterocycles. The van der Waals surface area contributed by atoms with Crippen molar-refractivity contribution in [2.45, 2.75) is 12.1 Å². The van der Waals surface area contributed by atoms with E-state index in [2.05, 4.69) is 31.7 Å².